The number of pyridine rings is 1. The number of nitrogens with zero attached hydrogens (tertiary/aromatic N) is 1. The number of rotatable bonds is 10. The second-order valence-electron chi connectivity index (χ2n) is 7.76. The maximum absolute atomic E-state index is 13.0. The molecule has 0 aliphatic carbocycles. The Bertz CT molecular complexity index is 1110. The largest absolute Gasteiger partial charge is 0.433 e. The SMILES string of the molecule is CCCCCc1nc(C(F)(F)F)ccc1/C=C\C(=O)NCc1ccc(NS(C)(=O)=O)c(C)c1. The Morgan fingerprint density at radius 2 is 1.88 bits per heavy atom. The monoisotopic (exact) mass is 483 g/mol. The van der Waals surface area contributed by atoms with Crippen molar-refractivity contribution < 1.29 is 26.4 Å². The molecule has 2 aromatic rings. The van der Waals surface area contributed by atoms with Gasteiger partial charge in [-0.25, -0.2) is 13.4 Å². The molecule has 0 aliphatic heterocycles. The summed E-state index contributed by atoms with van der Waals surface area (Å²) in [5.41, 5.74) is 1.77. The molecular weight excluding hydrogens is 455 g/mol. The Hall–Kier alpha value is -2.88. The van der Waals surface area contributed by atoms with Crippen LogP contribution in [0.1, 0.15) is 54.3 Å². The van der Waals surface area contributed by atoms with Crippen LogP contribution in [0, 0.1) is 6.92 Å². The highest BCUT2D eigenvalue weighted by Crippen LogP contribution is 2.29. The molecule has 2 rings (SSSR count). The van der Waals surface area contributed by atoms with Crippen molar-refractivity contribution in [1.82, 2.24) is 10.3 Å². The van der Waals surface area contributed by atoms with E-state index < -0.39 is 27.8 Å². The van der Waals surface area contributed by atoms with Crippen LogP contribution in [0.25, 0.3) is 6.08 Å². The van der Waals surface area contributed by atoms with E-state index in [2.05, 4.69) is 15.0 Å². The lowest BCUT2D eigenvalue weighted by Crippen LogP contribution is -2.20. The summed E-state index contributed by atoms with van der Waals surface area (Å²) in [5.74, 6) is -0.412. The van der Waals surface area contributed by atoms with Crippen molar-refractivity contribution in [2.45, 2.75) is 52.3 Å². The van der Waals surface area contributed by atoms with Gasteiger partial charge in [0.05, 0.1) is 11.9 Å². The molecule has 0 radical (unpaired) electrons. The van der Waals surface area contributed by atoms with Gasteiger partial charge in [0.25, 0.3) is 0 Å². The van der Waals surface area contributed by atoms with Crippen molar-refractivity contribution in [3.63, 3.8) is 0 Å². The first-order valence-electron chi connectivity index (χ1n) is 10.5. The first-order valence-corrected chi connectivity index (χ1v) is 12.4. The van der Waals surface area contributed by atoms with Gasteiger partial charge >= 0.3 is 6.18 Å². The average molecular weight is 484 g/mol. The van der Waals surface area contributed by atoms with Gasteiger partial charge in [0, 0.05) is 18.3 Å². The molecular formula is C23H28F3N3O3S. The summed E-state index contributed by atoms with van der Waals surface area (Å²) in [6.07, 6.45) is 2.18. The molecule has 0 fully saturated rings. The van der Waals surface area contributed by atoms with Crippen LogP contribution in [-0.2, 0) is 34.0 Å². The lowest BCUT2D eigenvalue weighted by atomic mass is 10.1. The Labute approximate surface area is 192 Å². The third-order valence-corrected chi connectivity index (χ3v) is 5.37. The third kappa shape index (κ3) is 8.88. The minimum Gasteiger partial charge on any atom is -0.348 e. The molecule has 0 bridgehead atoms. The number of sulfonamides is 1. The van der Waals surface area contributed by atoms with E-state index in [9.17, 15) is 26.4 Å². The van der Waals surface area contributed by atoms with Gasteiger partial charge in [-0.15, -0.1) is 0 Å². The van der Waals surface area contributed by atoms with Gasteiger partial charge in [-0.2, -0.15) is 13.2 Å². The number of carbonyl (C=O) groups is 1. The Balaban J connectivity index is 2.06. The summed E-state index contributed by atoms with van der Waals surface area (Å²) in [5, 5.41) is 2.71. The van der Waals surface area contributed by atoms with Crippen molar-refractivity contribution in [3.8, 4) is 0 Å². The second kappa shape index (κ2) is 11.3. The predicted octanol–water partition coefficient (Wildman–Crippen LogP) is 4.84. The molecule has 10 heteroatoms. The highest BCUT2D eigenvalue weighted by atomic mass is 32.2. The minimum absolute atomic E-state index is 0.206. The Morgan fingerprint density at radius 1 is 1.15 bits per heavy atom. The fourth-order valence-corrected chi connectivity index (χ4v) is 3.76. The average Bonchev–Trinajstić information content (AvgIpc) is 2.71. The molecule has 1 aromatic carbocycles. The van der Waals surface area contributed by atoms with E-state index in [4.69, 9.17) is 0 Å². The number of benzene rings is 1. The van der Waals surface area contributed by atoms with Crippen LogP contribution in [0.15, 0.2) is 36.4 Å². The van der Waals surface area contributed by atoms with Crippen molar-refractivity contribution >= 4 is 27.7 Å². The highest BCUT2D eigenvalue weighted by Gasteiger charge is 2.32. The first-order chi connectivity index (χ1) is 15.4. The molecule has 0 saturated carbocycles. The van der Waals surface area contributed by atoms with Crippen LogP contribution in [0.4, 0.5) is 18.9 Å². The smallest absolute Gasteiger partial charge is 0.348 e. The number of halogens is 3. The lowest BCUT2D eigenvalue weighted by molar-refractivity contribution is -0.141. The summed E-state index contributed by atoms with van der Waals surface area (Å²) in [6.45, 7) is 3.95. The Morgan fingerprint density at radius 3 is 2.48 bits per heavy atom. The maximum Gasteiger partial charge on any atom is 0.433 e. The minimum atomic E-state index is -4.52. The topological polar surface area (TPSA) is 88.2 Å². The summed E-state index contributed by atoms with van der Waals surface area (Å²) in [4.78, 5) is 16.0. The highest BCUT2D eigenvalue weighted by molar-refractivity contribution is 7.92. The summed E-state index contributed by atoms with van der Waals surface area (Å²) < 4.78 is 64.2. The number of amides is 1. The normalized spacial score (nSPS) is 12.2. The van der Waals surface area contributed by atoms with E-state index in [0.717, 1.165) is 30.7 Å². The fraction of sp³-hybridized carbons (Fsp3) is 0.391. The molecule has 180 valence electrons. The molecule has 0 atom stereocenters. The molecule has 0 unspecified atom stereocenters. The standard InChI is InChI=1S/C23H28F3N3O3S/c1-4-5-6-7-20-18(9-12-21(28-20)23(24,25)26)10-13-22(30)27-15-17-8-11-19(16(2)14-17)29-33(3,31)32/h8-14,29H,4-7,15H2,1-3H3,(H,27,30)/b13-10-. The number of anilines is 1. The summed E-state index contributed by atoms with van der Waals surface area (Å²) in [6, 6.07) is 7.30. The van der Waals surface area contributed by atoms with Gasteiger partial charge < -0.3 is 5.32 Å². The van der Waals surface area contributed by atoms with Crippen LogP contribution >= 0.6 is 0 Å². The number of unbranched alkanes of at least 4 members (excludes halogenated alkanes) is 2. The zero-order chi connectivity index (χ0) is 24.6. The molecule has 0 aliphatic rings. The van der Waals surface area contributed by atoms with Crippen LogP contribution in [0.5, 0.6) is 0 Å². The van der Waals surface area contributed by atoms with Gasteiger partial charge in [-0.1, -0.05) is 38.0 Å². The number of aromatic nitrogens is 1. The number of hydrogen-bond donors (Lipinski definition) is 2. The van der Waals surface area contributed by atoms with Crippen LogP contribution in [0.2, 0.25) is 0 Å². The van der Waals surface area contributed by atoms with Gasteiger partial charge in [0.15, 0.2) is 0 Å². The fourth-order valence-electron chi connectivity index (χ4n) is 3.13. The maximum atomic E-state index is 13.0. The Kier molecular flexibility index (Phi) is 9.04. The second-order valence-corrected chi connectivity index (χ2v) is 9.51. The summed E-state index contributed by atoms with van der Waals surface area (Å²) in [7, 11) is -3.39. The molecule has 1 amide bonds. The molecule has 0 spiro atoms. The van der Waals surface area contributed by atoms with Gasteiger partial charge in [-0.05, 0) is 54.7 Å². The zero-order valence-corrected chi connectivity index (χ0v) is 19.6. The molecule has 0 saturated heterocycles. The predicted molar refractivity (Wildman–Crippen MR) is 123 cm³/mol. The van der Waals surface area contributed by atoms with Gasteiger partial charge in [0.1, 0.15) is 5.69 Å². The van der Waals surface area contributed by atoms with Crippen LogP contribution < -0.4 is 10.0 Å². The van der Waals surface area contributed by atoms with Crippen molar-refractivity contribution in [1.29, 1.82) is 0 Å². The molecule has 1 aromatic heterocycles. The van der Waals surface area contributed by atoms with E-state index in [1.54, 1.807) is 25.1 Å². The van der Waals surface area contributed by atoms with E-state index >= 15 is 0 Å². The lowest BCUT2D eigenvalue weighted by Gasteiger charge is -2.11. The molecule has 33 heavy (non-hydrogen) atoms. The molecule has 2 N–H and O–H groups in total. The number of hydrogen-bond acceptors (Lipinski definition) is 4. The van der Waals surface area contributed by atoms with E-state index in [1.807, 2.05) is 6.92 Å². The number of alkyl halides is 3. The van der Waals surface area contributed by atoms with Crippen molar-refractivity contribution in [2.75, 3.05) is 11.0 Å². The van der Waals surface area contributed by atoms with Crippen LogP contribution in [-0.4, -0.2) is 25.6 Å². The van der Waals surface area contributed by atoms with Crippen molar-refractivity contribution in [2.24, 2.45) is 0 Å². The van der Waals surface area contributed by atoms with Crippen molar-refractivity contribution in [3.05, 3.63) is 64.5 Å². The zero-order valence-electron chi connectivity index (χ0n) is 18.8. The van der Waals surface area contributed by atoms with Crippen LogP contribution in [0.3, 0.4) is 0 Å². The number of aryl methyl sites for hydroxylation is 2. The van der Waals surface area contributed by atoms with E-state index in [0.29, 0.717) is 35.3 Å². The number of carbonyl (C=O) groups excluding carboxylic acids is 1. The number of nitrogens with one attached hydrogen (secondary N) is 2. The molecule has 1 heterocycles. The van der Waals surface area contributed by atoms with E-state index in [-0.39, 0.29) is 6.54 Å². The first kappa shape index (κ1) is 26.4. The quantitative estimate of drug-likeness (QED) is 0.374. The van der Waals surface area contributed by atoms with Gasteiger partial charge in [-0.3, -0.25) is 9.52 Å². The van der Waals surface area contributed by atoms with Gasteiger partial charge in [0.2, 0.25) is 15.9 Å². The molecule has 6 nitrogen and oxygen atoms in total. The summed E-state index contributed by atoms with van der Waals surface area (Å²) >= 11 is 0. The third-order valence-electron chi connectivity index (χ3n) is 4.78. The van der Waals surface area contributed by atoms with E-state index in [1.165, 1.54) is 18.2 Å².